The molecule has 148 valence electrons. The van der Waals surface area contributed by atoms with Gasteiger partial charge in [0.2, 0.25) is 12.7 Å². The largest absolute Gasteiger partial charge is 0.454 e. The van der Waals surface area contributed by atoms with Gasteiger partial charge in [0.15, 0.2) is 11.5 Å². The zero-order valence-corrected chi connectivity index (χ0v) is 15.0. The number of nitro benzene ring substituents is 1. The molecule has 2 atom stereocenters. The number of nitro groups is 1. The number of carbonyl (C=O) groups is 2. The molecular weight excluding hydrogens is 380 g/mol. The van der Waals surface area contributed by atoms with Crippen LogP contribution >= 0.6 is 0 Å². The number of benzene rings is 2. The molecule has 29 heavy (non-hydrogen) atoms. The Labute approximate surface area is 164 Å². The van der Waals surface area contributed by atoms with Crippen molar-refractivity contribution >= 4 is 23.3 Å². The van der Waals surface area contributed by atoms with E-state index in [-0.39, 0.29) is 23.9 Å². The molecule has 2 aromatic carbocycles. The lowest BCUT2D eigenvalue weighted by molar-refractivity contribution is -0.384. The summed E-state index contributed by atoms with van der Waals surface area (Å²) in [6.45, 7) is 3.90. The zero-order valence-electron chi connectivity index (χ0n) is 15.0. The SMILES string of the molecule is C=C1NC(=O)N[C@H](c2ccc3c(c2)OCO3)[C@H]1C(=O)Nc1cccc([N+](=O)[O-])c1. The van der Waals surface area contributed by atoms with E-state index < -0.39 is 28.8 Å². The van der Waals surface area contributed by atoms with Crippen molar-refractivity contribution in [3.63, 3.8) is 0 Å². The second-order valence-corrected chi connectivity index (χ2v) is 6.49. The van der Waals surface area contributed by atoms with Crippen LogP contribution in [-0.2, 0) is 4.79 Å². The minimum absolute atomic E-state index is 0.0980. The van der Waals surface area contributed by atoms with E-state index in [2.05, 4.69) is 22.5 Å². The molecule has 1 saturated heterocycles. The maximum atomic E-state index is 13.0. The zero-order chi connectivity index (χ0) is 20.5. The number of hydrogen-bond acceptors (Lipinski definition) is 6. The predicted octanol–water partition coefficient (Wildman–Crippen LogP) is 2.45. The summed E-state index contributed by atoms with van der Waals surface area (Å²) < 4.78 is 10.7. The highest BCUT2D eigenvalue weighted by Gasteiger charge is 2.38. The summed E-state index contributed by atoms with van der Waals surface area (Å²) >= 11 is 0. The first-order valence-electron chi connectivity index (χ1n) is 8.63. The number of non-ortho nitro benzene ring substituents is 1. The van der Waals surface area contributed by atoms with Gasteiger partial charge in [-0.15, -0.1) is 0 Å². The van der Waals surface area contributed by atoms with Crippen molar-refractivity contribution in [2.75, 3.05) is 12.1 Å². The molecule has 0 aliphatic carbocycles. The number of anilines is 1. The van der Waals surface area contributed by atoms with Crippen LogP contribution in [0.2, 0.25) is 0 Å². The smallest absolute Gasteiger partial charge is 0.319 e. The average molecular weight is 396 g/mol. The van der Waals surface area contributed by atoms with E-state index in [9.17, 15) is 19.7 Å². The Morgan fingerprint density at radius 2 is 2.00 bits per heavy atom. The third-order valence-corrected chi connectivity index (χ3v) is 4.63. The molecule has 0 bridgehead atoms. The van der Waals surface area contributed by atoms with Gasteiger partial charge in [0.1, 0.15) is 5.92 Å². The van der Waals surface area contributed by atoms with Gasteiger partial charge in [-0.05, 0) is 23.8 Å². The van der Waals surface area contributed by atoms with Crippen LogP contribution in [0.4, 0.5) is 16.2 Å². The molecule has 3 N–H and O–H groups in total. The Kier molecular flexibility index (Phi) is 4.51. The number of amides is 3. The van der Waals surface area contributed by atoms with Crippen LogP contribution in [0.1, 0.15) is 11.6 Å². The number of carbonyl (C=O) groups excluding carboxylic acids is 2. The lowest BCUT2D eigenvalue weighted by atomic mass is 9.88. The molecule has 2 heterocycles. The number of nitrogens with zero attached hydrogens (tertiary/aromatic N) is 1. The molecule has 2 aromatic rings. The van der Waals surface area contributed by atoms with Gasteiger partial charge in [-0.1, -0.05) is 18.7 Å². The number of urea groups is 1. The normalized spacial score (nSPS) is 19.9. The van der Waals surface area contributed by atoms with Crippen molar-refractivity contribution in [1.29, 1.82) is 0 Å². The van der Waals surface area contributed by atoms with Gasteiger partial charge in [-0.2, -0.15) is 0 Å². The second kappa shape index (κ2) is 7.15. The lowest BCUT2D eigenvalue weighted by Crippen LogP contribution is -2.51. The van der Waals surface area contributed by atoms with E-state index in [1.54, 1.807) is 18.2 Å². The Morgan fingerprint density at radius 3 is 2.79 bits per heavy atom. The van der Waals surface area contributed by atoms with Gasteiger partial charge in [0.25, 0.3) is 5.69 Å². The summed E-state index contributed by atoms with van der Waals surface area (Å²) in [5, 5.41) is 18.8. The first-order valence-corrected chi connectivity index (χ1v) is 8.63. The monoisotopic (exact) mass is 396 g/mol. The summed E-state index contributed by atoms with van der Waals surface area (Å²) in [5.41, 5.74) is 0.950. The van der Waals surface area contributed by atoms with Crippen molar-refractivity contribution in [1.82, 2.24) is 10.6 Å². The van der Waals surface area contributed by atoms with Gasteiger partial charge in [0.05, 0.1) is 11.0 Å². The van der Waals surface area contributed by atoms with E-state index in [0.717, 1.165) is 0 Å². The van der Waals surface area contributed by atoms with Crippen molar-refractivity contribution in [2.24, 2.45) is 5.92 Å². The van der Waals surface area contributed by atoms with Crippen molar-refractivity contribution in [3.8, 4) is 11.5 Å². The molecule has 0 radical (unpaired) electrons. The highest BCUT2D eigenvalue weighted by molar-refractivity contribution is 5.97. The van der Waals surface area contributed by atoms with Gasteiger partial charge < -0.3 is 25.4 Å². The third kappa shape index (κ3) is 3.55. The van der Waals surface area contributed by atoms with E-state index in [1.165, 1.54) is 24.3 Å². The molecule has 0 aromatic heterocycles. The molecule has 0 spiro atoms. The van der Waals surface area contributed by atoms with Crippen LogP contribution in [0, 0.1) is 16.0 Å². The molecule has 0 unspecified atom stereocenters. The fourth-order valence-electron chi connectivity index (χ4n) is 3.29. The van der Waals surface area contributed by atoms with E-state index in [4.69, 9.17) is 9.47 Å². The molecular formula is C19H16N4O6. The molecule has 2 aliphatic heterocycles. The fraction of sp³-hybridized carbons (Fsp3) is 0.158. The maximum absolute atomic E-state index is 13.0. The first-order chi connectivity index (χ1) is 13.9. The summed E-state index contributed by atoms with van der Waals surface area (Å²) in [6.07, 6.45) is 0. The highest BCUT2D eigenvalue weighted by atomic mass is 16.7. The summed E-state index contributed by atoms with van der Waals surface area (Å²) in [4.78, 5) is 35.4. The lowest BCUT2D eigenvalue weighted by Gasteiger charge is -2.33. The Bertz CT molecular complexity index is 1040. The quantitative estimate of drug-likeness (QED) is 0.537. The van der Waals surface area contributed by atoms with Crippen LogP contribution in [0.15, 0.2) is 54.7 Å². The molecule has 2 aliphatic rings. The molecule has 10 heteroatoms. The predicted molar refractivity (Wildman–Crippen MR) is 101 cm³/mol. The average Bonchev–Trinajstić information content (AvgIpc) is 3.15. The van der Waals surface area contributed by atoms with Crippen LogP contribution in [0.25, 0.3) is 0 Å². The summed E-state index contributed by atoms with van der Waals surface area (Å²) in [5.74, 6) is -0.262. The molecule has 0 saturated carbocycles. The van der Waals surface area contributed by atoms with Crippen molar-refractivity contribution in [2.45, 2.75) is 6.04 Å². The van der Waals surface area contributed by atoms with Crippen LogP contribution in [0.3, 0.4) is 0 Å². The summed E-state index contributed by atoms with van der Waals surface area (Å²) in [6, 6.07) is 9.50. The Hall–Kier alpha value is -4.08. The van der Waals surface area contributed by atoms with E-state index in [1.807, 2.05) is 0 Å². The number of nitrogens with one attached hydrogen (secondary N) is 3. The molecule has 4 rings (SSSR count). The topological polar surface area (TPSA) is 132 Å². The standard InChI is InChI=1S/C19H16N4O6/c1-10-16(18(24)21-12-3-2-4-13(8-12)23(26)27)17(22-19(25)20-10)11-5-6-14-15(7-11)29-9-28-14/h2-8,16-17H,1,9H2,(H,21,24)(H2,20,22,25)/t16-,17+/m0/s1. The van der Waals surface area contributed by atoms with Gasteiger partial charge in [-0.3, -0.25) is 14.9 Å². The third-order valence-electron chi connectivity index (χ3n) is 4.63. The molecule has 3 amide bonds. The van der Waals surface area contributed by atoms with Gasteiger partial charge >= 0.3 is 6.03 Å². The number of hydrogen-bond donors (Lipinski definition) is 3. The molecule has 1 fully saturated rings. The minimum Gasteiger partial charge on any atom is -0.454 e. The van der Waals surface area contributed by atoms with Crippen LogP contribution in [-0.4, -0.2) is 23.7 Å². The number of rotatable bonds is 4. The van der Waals surface area contributed by atoms with Crippen LogP contribution in [0.5, 0.6) is 11.5 Å². The van der Waals surface area contributed by atoms with Crippen molar-refractivity contribution in [3.05, 3.63) is 70.4 Å². The van der Waals surface area contributed by atoms with E-state index in [0.29, 0.717) is 17.1 Å². The van der Waals surface area contributed by atoms with Gasteiger partial charge in [-0.25, -0.2) is 4.79 Å². The van der Waals surface area contributed by atoms with Crippen molar-refractivity contribution < 1.29 is 24.0 Å². The maximum Gasteiger partial charge on any atom is 0.319 e. The fourth-order valence-corrected chi connectivity index (χ4v) is 3.29. The van der Waals surface area contributed by atoms with Crippen LogP contribution < -0.4 is 25.4 Å². The number of ether oxygens (including phenoxy) is 2. The minimum atomic E-state index is -0.868. The van der Waals surface area contributed by atoms with Gasteiger partial charge in [0, 0.05) is 23.5 Å². The molecule has 10 nitrogen and oxygen atoms in total. The Morgan fingerprint density at radius 1 is 1.21 bits per heavy atom. The highest BCUT2D eigenvalue weighted by Crippen LogP contribution is 2.38. The Balaban J connectivity index is 1.63. The number of fused-ring (bicyclic) bond motifs is 1. The first kappa shape index (κ1) is 18.3. The second-order valence-electron chi connectivity index (χ2n) is 6.49. The van der Waals surface area contributed by atoms with E-state index >= 15 is 0 Å². The summed E-state index contributed by atoms with van der Waals surface area (Å²) in [7, 11) is 0.